The molecule has 15 nitrogen and oxygen atoms in total. The minimum atomic E-state index is -0.961. The van der Waals surface area contributed by atoms with Crippen molar-refractivity contribution >= 4 is 45.0 Å². The molecule has 10 rings (SSSR count). The molecule has 2 aromatic carbocycles. The van der Waals surface area contributed by atoms with Gasteiger partial charge in [-0.25, -0.2) is 13.8 Å². The van der Waals surface area contributed by atoms with Gasteiger partial charge >= 0.3 is 6.01 Å². The standard InChI is InChI=1S/C53H64F2N10O5/c1-4-39-42(54)9-7-35-24-38(66)25-40(45(35)39)47-46(55)48-41(27-57-47)49(65-18-5-17-53(3,69)31-65)61-52(60-48)70-30-34-14-23-64(29-34)36-15-19-62(20-16-36)28-33-12-21-63(22-13-33)37-8-11-43(56-26-37)50(67)59-44-10-6-32(2)58-51(44)68/h7-9,11,24-27,33-34,36,44,66,69H,2,4-6,10,12-23,28-31H2,1,3H3,(H,58,68)(H,59,67)/t34?,44?,53-/m1/s1. The van der Waals surface area contributed by atoms with Crippen LogP contribution in [0.4, 0.5) is 20.3 Å². The van der Waals surface area contributed by atoms with Crippen LogP contribution in [0, 0.1) is 23.5 Å². The van der Waals surface area contributed by atoms with Crippen LogP contribution in [0.25, 0.3) is 32.9 Å². The van der Waals surface area contributed by atoms with Crippen LogP contribution in [-0.2, 0) is 11.2 Å². The third-order valence-corrected chi connectivity index (χ3v) is 15.4. The van der Waals surface area contributed by atoms with Crippen molar-refractivity contribution in [3.63, 3.8) is 0 Å². The zero-order valence-corrected chi connectivity index (χ0v) is 40.2. The van der Waals surface area contributed by atoms with Gasteiger partial charge in [0.05, 0.1) is 29.5 Å². The smallest absolute Gasteiger partial charge is 0.319 e. The zero-order chi connectivity index (χ0) is 48.7. The number of halogens is 2. The van der Waals surface area contributed by atoms with Crippen molar-refractivity contribution in [2.45, 2.75) is 95.7 Å². The molecule has 0 saturated carbocycles. The molecule has 8 heterocycles. The van der Waals surface area contributed by atoms with Crippen LogP contribution in [0.2, 0.25) is 0 Å². The number of carbonyl (C=O) groups excluding carboxylic acids is 2. The second kappa shape index (κ2) is 20.0. The van der Waals surface area contributed by atoms with Gasteiger partial charge in [0.1, 0.15) is 40.3 Å². The molecule has 2 amide bonds. The molecular weight excluding hydrogens is 895 g/mol. The summed E-state index contributed by atoms with van der Waals surface area (Å²) in [5.74, 6) is -0.502. The molecule has 70 heavy (non-hydrogen) atoms. The van der Waals surface area contributed by atoms with Crippen molar-refractivity contribution in [3.05, 3.63) is 84.0 Å². The third kappa shape index (κ3) is 10.1. The average Bonchev–Trinajstić information content (AvgIpc) is 3.83. The number of rotatable bonds is 12. The number of nitrogens with zero attached hydrogens (tertiary/aromatic N) is 8. The number of pyridine rings is 2. The number of phenols is 1. The number of hydrogen-bond donors (Lipinski definition) is 4. The largest absolute Gasteiger partial charge is 0.508 e. The molecule has 3 atom stereocenters. The fourth-order valence-corrected chi connectivity index (χ4v) is 11.5. The molecule has 0 aliphatic carbocycles. The maximum absolute atomic E-state index is 17.1. The topological polar surface area (TPSA) is 172 Å². The maximum Gasteiger partial charge on any atom is 0.319 e. The van der Waals surface area contributed by atoms with Gasteiger partial charge in [0, 0.05) is 68.7 Å². The number of aromatic nitrogens is 4. The number of amides is 2. The summed E-state index contributed by atoms with van der Waals surface area (Å²) in [6.45, 7) is 15.7. The van der Waals surface area contributed by atoms with Crippen LogP contribution in [0.3, 0.4) is 0 Å². The highest BCUT2D eigenvalue weighted by Gasteiger charge is 2.35. The lowest BCUT2D eigenvalue weighted by molar-refractivity contribution is -0.123. The first kappa shape index (κ1) is 47.6. The fourth-order valence-electron chi connectivity index (χ4n) is 11.5. The summed E-state index contributed by atoms with van der Waals surface area (Å²) in [5, 5.41) is 28.7. The summed E-state index contributed by atoms with van der Waals surface area (Å²) in [4.78, 5) is 53.1. The Hall–Kier alpha value is -6.04. The number of carbonyl (C=O) groups is 2. The number of aliphatic hydroxyl groups is 1. The minimum Gasteiger partial charge on any atom is -0.508 e. The number of aromatic hydroxyl groups is 1. The van der Waals surface area contributed by atoms with Crippen LogP contribution >= 0.6 is 0 Å². The molecule has 0 spiro atoms. The highest BCUT2D eigenvalue weighted by Crippen LogP contribution is 2.40. The SMILES string of the molecule is C=C1CCC(NC(=O)c2ccc(N3CCC(CN4CCC(N5CCC(COc6nc(N7CCC[C@@](C)(O)C7)c7cnc(-c8cc(O)cc9ccc(F)c(CC)c89)c(F)c7n6)C5)CC4)CC3)cn2)C(=O)N1. The molecule has 17 heteroatoms. The minimum absolute atomic E-state index is 0.0118. The Labute approximate surface area is 407 Å². The van der Waals surface area contributed by atoms with Gasteiger partial charge in [-0.15, -0.1) is 0 Å². The van der Waals surface area contributed by atoms with E-state index in [0.717, 1.165) is 90.0 Å². The van der Waals surface area contributed by atoms with Gasteiger partial charge in [0.25, 0.3) is 5.91 Å². The van der Waals surface area contributed by atoms with Crippen molar-refractivity contribution in [1.29, 1.82) is 0 Å². The summed E-state index contributed by atoms with van der Waals surface area (Å²) < 4.78 is 38.6. The third-order valence-electron chi connectivity index (χ3n) is 15.4. The molecule has 0 bridgehead atoms. The van der Waals surface area contributed by atoms with Gasteiger partial charge in [-0.05, 0) is 143 Å². The predicted molar refractivity (Wildman–Crippen MR) is 265 cm³/mol. The lowest BCUT2D eigenvalue weighted by Crippen LogP contribution is -2.49. The summed E-state index contributed by atoms with van der Waals surface area (Å²) >= 11 is 0. The van der Waals surface area contributed by atoms with Crippen molar-refractivity contribution < 1.29 is 33.3 Å². The number of hydrogen-bond acceptors (Lipinski definition) is 13. The monoisotopic (exact) mass is 959 g/mol. The molecule has 3 aromatic heterocycles. The maximum atomic E-state index is 17.1. The number of benzene rings is 2. The van der Waals surface area contributed by atoms with E-state index < -0.39 is 23.3 Å². The van der Waals surface area contributed by atoms with Crippen LogP contribution in [-0.4, -0.2) is 135 Å². The van der Waals surface area contributed by atoms with E-state index in [1.165, 1.54) is 18.3 Å². The van der Waals surface area contributed by atoms with E-state index in [1.807, 2.05) is 17.9 Å². The van der Waals surface area contributed by atoms with Gasteiger partial charge in [-0.1, -0.05) is 19.6 Å². The average molecular weight is 959 g/mol. The van der Waals surface area contributed by atoms with Gasteiger partial charge in [0.2, 0.25) is 5.91 Å². The second-order valence-electron chi connectivity index (χ2n) is 20.5. The summed E-state index contributed by atoms with van der Waals surface area (Å²) in [7, 11) is 0. The second-order valence-corrected chi connectivity index (χ2v) is 20.5. The van der Waals surface area contributed by atoms with Crippen molar-refractivity contribution in [2.24, 2.45) is 11.8 Å². The van der Waals surface area contributed by atoms with E-state index in [0.29, 0.717) is 96.3 Å². The molecular formula is C53H64F2N10O5. The van der Waals surface area contributed by atoms with E-state index in [2.05, 4.69) is 46.9 Å². The predicted octanol–water partition coefficient (Wildman–Crippen LogP) is 6.74. The number of piperidine rings is 4. The highest BCUT2D eigenvalue weighted by molar-refractivity contribution is 6.02. The number of nitrogens with one attached hydrogen (secondary N) is 2. The molecule has 4 N–H and O–H groups in total. The molecule has 370 valence electrons. The quantitative estimate of drug-likeness (QED) is 0.104. The van der Waals surface area contributed by atoms with E-state index in [4.69, 9.17) is 9.72 Å². The fraction of sp³-hybridized carbons (Fsp3) is 0.509. The Morgan fingerprint density at radius 3 is 2.50 bits per heavy atom. The van der Waals surface area contributed by atoms with Gasteiger partial charge in [0.15, 0.2) is 5.82 Å². The highest BCUT2D eigenvalue weighted by atomic mass is 19.1. The Morgan fingerprint density at radius 2 is 1.76 bits per heavy atom. The van der Waals surface area contributed by atoms with E-state index in [9.17, 15) is 19.8 Å². The first-order chi connectivity index (χ1) is 33.8. The molecule has 5 fully saturated rings. The van der Waals surface area contributed by atoms with Crippen LogP contribution in [0.1, 0.15) is 87.7 Å². The Morgan fingerprint density at radius 1 is 0.957 bits per heavy atom. The summed E-state index contributed by atoms with van der Waals surface area (Å²) in [5.41, 5.74) is 1.65. The molecule has 2 unspecified atom stereocenters. The van der Waals surface area contributed by atoms with Crippen molar-refractivity contribution in [2.75, 3.05) is 75.3 Å². The van der Waals surface area contributed by atoms with Crippen LogP contribution < -0.4 is 25.2 Å². The normalized spacial score (nSPS) is 23.3. The van der Waals surface area contributed by atoms with E-state index in [-0.39, 0.29) is 46.3 Å². The van der Waals surface area contributed by atoms with Crippen molar-refractivity contribution in [3.8, 4) is 23.0 Å². The lowest BCUT2D eigenvalue weighted by Gasteiger charge is -2.40. The van der Waals surface area contributed by atoms with Gasteiger partial charge in [-0.3, -0.25) is 19.5 Å². The number of allylic oxidation sites excluding steroid dienone is 1. The van der Waals surface area contributed by atoms with Gasteiger partial charge in [-0.2, -0.15) is 9.97 Å². The molecule has 5 aromatic rings. The van der Waals surface area contributed by atoms with Crippen molar-refractivity contribution in [1.82, 2.24) is 40.4 Å². The number of likely N-dealkylation sites (tertiary alicyclic amines) is 2. The summed E-state index contributed by atoms with van der Waals surface area (Å²) in [6, 6.07) is 9.56. The van der Waals surface area contributed by atoms with E-state index in [1.54, 1.807) is 31.3 Å². The first-order valence-corrected chi connectivity index (χ1v) is 25.2. The number of fused-ring (bicyclic) bond motifs is 2. The molecule has 0 radical (unpaired) electrons. The number of anilines is 2. The Kier molecular flexibility index (Phi) is 13.6. The Bertz CT molecular complexity index is 2780. The number of β-amino-alcohol motifs (C(OH)–C–C–N with tert-alkyl or cyclic N) is 1. The molecule has 5 aliphatic heterocycles. The van der Waals surface area contributed by atoms with Gasteiger partial charge < -0.3 is 40.3 Å². The van der Waals surface area contributed by atoms with Crippen LogP contribution in [0.15, 0.2) is 61.1 Å². The van der Waals surface area contributed by atoms with Crippen LogP contribution in [0.5, 0.6) is 11.8 Å². The number of aryl methyl sites for hydroxylation is 1. The lowest BCUT2D eigenvalue weighted by atomic mass is 9.94. The Balaban J connectivity index is 0.741. The first-order valence-electron chi connectivity index (χ1n) is 25.2. The molecule has 5 aliphatic rings. The number of ether oxygens (including phenoxy) is 1. The summed E-state index contributed by atoms with van der Waals surface area (Å²) in [6.07, 6.45) is 11.6. The zero-order valence-electron chi connectivity index (χ0n) is 40.2. The molecule has 5 saturated heterocycles. The number of phenolic OH excluding ortho intramolecular Hbond substituents is 1. The van der Waals surface area contributed by atoms with E-state index >= 15 is 8.78 Å².